The lowest BCUT2D eigenvalue weighted by atomic mass is 10.1. The molecular weight excluding hydrogens is 386 g/mol. The number of hydrogen-bond donors (Lipinski definition) is 0. The summed E-state index contributed by atoms with van der Waals surface area (Å²) in [6.45, 7) is 3.68. The van der Waals surface area contributed by atoms with Crippen LogP contribution >= 0.6 is 23.4 Å². The standard InChI is InChI=1S/C16H18ClNO7S/c1-8(19)22-11-7-26-16(25-13-6-4-5-12(17)18-13)15(24-10(3)21)14(11)23-9(2)20/h4-6,11,14-16H,7H2,1-3H3/t11-,14+,15-,16-/m1/s1. The number of hydrogen-bond acceptors (Lipinski definition) is 9. The highest BCUT2D eigenvalue weighted by Gasteiger charge is 2.47. The lowest BCUT2D eigenvalue weighted by Crippen LogP contribution is -2.55. The number of aromatic nitrogens is 1. The van der Waals surface area contributed by atoms with Crippen LogP contribution in [0.2, 0.25) is 5.15 Å². The third-order valence-electron chi connectivity index (χ3n) is 3.23. The van der Waals surface area contributed by atoms with E-state index >= 15 is 0 Å². The van der Waals surface area contributed by atoms with Gasteiger partial charge in [0.1, 0.15) is 5.15 Å². The molecule has 1 aliphatic rings. The molecule has 0 bridgehead atoms. The highest BCUT2D eigenvalue weighted by atomic mass is 35.5. The maximum absolute atomic E-state index is 11.6. The molecule has 0 N–H and O–H groups in total. The third-order valence-corrected chi connectivity index (χ3v) is 4.66. The Morgan fingerprint density at radius 1 is 1.04 bits per heavy atom. The Kier molecular flexibility index (Phi) is 7.10. The van der Waals surface area contributed by atoms with E-state index in [-0.39, 0.29) is 16.8 Å². The normalized spacial score (nSPS) is 25.1. The molecule has 1 aromatic heterocycles. The van der Waals surface area contributed by atoms with Crippen molar-refractivity contribution in [3.8, 4) is 5.88 Å². The Hall–Kier alpha value is -2.00. The van der Waals surface area contributed by atoms with Gasteiger partial charge in [-0.2, -0.15) is 0 Å². The molecule has 0 radical (unpaired) electrons. The second kappa shape index (κ2) is 9.09. The summed E-state index contributed by atoms with van der Waals surface area (Å²) in [5.41, 5.74) is -0.735. The van der Waals surface area contributed by atoms with Crippen molar-refractivity contribution in [1.29, 1.82) is 0 Å². The Balaban J connectivity index is 2.27. The smallest absolute Gasteiger partial charge is 0.303 e. The Bertz CT molecular complexity index is 686. The molecular formula is C16H18ClNO7S. The van der Waals surface area contributed by atoms with Gasteiger partial charge in [0, 0.05) is 32.6 Å². The van der Waals surface area contributed by atoms with Crippen molar-refractivity contribution < 1.29 is 33.3 Å². The van der Waals surface area contributed by atoms with Crippen LogP contribution in [0.3, 0.4) is 0 Å². The fourth-order valence-electron chi connectivity index (χ4n) is 2.38. The SMILES string of the molecule is CC(=O)O[C@@H]1[C@@H](OC(C)=O)[C@H](OC(C)=O)CS[C@H]1Oc1cccc(Cl)n1. The maximum Gasteiger partial charge on any atom is 0.303 e. The number of nitrogens with zero attached hydrogens (tertiary/aromatic N) is 1. The molecule has 4 atom stereocenters. The number of carbonyl (C=O) groups excluding carboxylic acids is 3. The topological polar surface area (TPSA) is 101 Å². The van der Waals surface area contributed by atoms with Gasteiger partial charge in [0.25, 0.3) is 0 Å². The Morgan fingerprint density at radius 2 is 1.65 bits per heavy atom. The quantitative estimate of drug-likeness (QED) is 0.415. The predicted octanol–water partition coefficient (Wildman–Crippen LogP) is 1.98. The van der Waals surface area contributed by atoms with Crippen LogP contribution in [0.25, 0.3) is 0 Å². The van der Waals surface area contributed by atoms with Crippen LogP contribution in [0.15, 0.2) is 18.2 Å². The highest BCUT2D eigenvalue weighted by molar-refractivity contribution is 7.99. The molecule has 10 heteroatoms. The van der Waals surface area contributed by atoms with Gasteiger partial charge in [-0.3, -0.25) is 14.4 Å². The van der Waals surface area contributed by atoms with Gasteiger partial charge in [0.15, 0.2) is 23.7 Å². The van der Waals surface area contributed by atoms with Gasteiger partial charge >= 0.3 is 17.9 Å². The van der Waals surface area contributed by atoms with Gasteiger partial charge < -0.3 is 18.9 Å². The zero-order valence-electron chi connectivity index (χ0n) is 14.3. The van der Waals surface area contributed by atoms with Crippen molar-refractivity contribution in [2.75, 3.05) is 5.75 Å². The second-order valence-electron chi connectivity index (χ2n) is 5.41. The van der Waals surface area contributed by atoms with Gasteiger partial charge in [-0.05, 0) is 6.07 Å². The molecule has 142 valence electrons. The monoisotopic (exact) mass is 403 g/mol. The molecule has 1 aromatic rings. The molecule has 1 fully saturated rings. The molecule has 0 aromatic carbocycles. The number of carbonyl (C=O) groups is 3. The van der Waals surface area contributed by atoms with Gasteiger partial charge in [0.2, 0.25) is 5.88 Å². The molecule has 0 aliphatic carbocycles. The number of esters is 3. The van der Waals surface area contributed by atoms with Crippen molar-refractivity contribution in [1.82, 2.24) is 4.98 Å². The van der Waals surface area contributed by atoms with Gasteiger partial charge in [-0.15, -0.1) is 11.8 Å². The fourth-order valence-corrected chi connectivity index (χ4v) is 3.74. The van der Waals surface area contributed by atoms with E-state index in [1.165, 1.54) is 32.5 Å². The van der Waals surface area contributed by atoms with Crippen LogP contribution in [0.4, 0.5) is 0 Å². The first-order valence-corrected chi connectivity index (χ1v) is 9.11. The first-order valence-electron chi connectivity index (χ1n) is 7.68. The first-order chi connectivity index (χ1) is 12.3. The van der Waals surface area contributed by atoms with E-state index in [1.807, 2.05) is 0 Å². The summed E-state index contributed by atoms with van der Waals surface area (Å²) in [7, 11) is 0. The molecule has 26 heavy (non-hydrogen) atoms. The zero-order valence-corrected chi connectivity index (χ0v) is 15.9. The molecule has 2 rings (SSSR count). The molecule has 0 spiro atoms. The van der Waals surface area contributed by atoms with Crippen molar-refractivity contribution in [2.45, 2.75) is 44.5 Å². The number of pyridine rings is 1. The predicted molar refractivity (Wildman–Crippen MR) is 92.8 cm³/mol. The third kappa shape index (κ3) is 5.77. The van der Waals surface area contributed by atoms with E-state index in [1.54, 1.807) is 18.2 Å². The van der Waals surface area contributed by atoms with Gasteiger partial charge in [0.05, 0.1) is 0 Å². The second-order valence-corrected chi connectivity index (χ2v) is 6.93. The summed E-state index contributed by atoms with van der Waals surface area (Å²) < 4.78 is 21.6. The average Bonchev–Trinajstić information content (AvgIpc) is 2.51. The molecule has 2 heterocycles. The lowest BCUT2D eigenvalue weighted by molar-refractivity contribution is -0.186. The minimum atomic E-state index is -1.01. The summed E-state index contributed by atoms with van der Waals surface area (Å²) in [6, 6.07) is 4.84. The summed E-state index contributed by atoms with van der Waals surface area (Å²) in [5, 5.41) is 0.238. The van der Waals surface area contributed by atoms with E-state index in [4.69, 9.17) is 30.5 Å². The van der Waals surface area contributed by atoms with Crippen molar-refractivity contribution in [3.63, 3.8) is 0 Å². The molecule has 1 aliphatic heterocycles. The summed E-state index contributed by atoms with van der Waals surface area (Å²) >= 11 is 7.09. The first kappa shape index (κ1) is 20.3. The van der Waals surface area contributed by atoms with E-state index in [0.29, 0.717) is 0 Å². The molecule has 1 saturated heterocycles. The minimum Gasteiger partial charge on any atom is -0.459 e. The largest absolute Gasteiger partial charge is 0.459 e. The van der Waals surface area contributed by atoms with Crippen molar-refractivity contribution in [2.24, 2.45) is 0 Å². The molecule has 0 unspecified atom stereocenters. The fraction of sp³-hybridized carbons (Fsp3) is 0.500. The van der Waals surface area contributed by atoms with E-state index in [9.17, 15) is 14.4 Å². The van der Waals surface area contributed by atoms with Gasteiger partial charge in [-0.25, -0.2) is 4.98 Å². The highest BCUT2D eigenvalue weighted by Crippen LogP contribution is 2.34. The van der Waals surface area contributed by atoms with Crippen LogP contribution in [-0.4, -0.2) is 52.4 Å². The van der Waals surface area contributed by atoms with E-state index < -0.39 is 41.7 Å². The lowest BCUT2D eigenvalue weighted by Gasteiger charge is -2.39. The van der Waals surface area contributed by atoms with Crippen molar-refractivity contribution in [3.05, 3.63) is 23.4 Å². The molecule has 8 nitrogen and oxygen atoms in total. The summed E-state index contributed by atoms with van der Waals surface area (Å²) in [6.07, 6.45) is -2.79. The number of rotatable bonds is 5. The van der Waals surface area contributed by atoms with E-state index in [2.05, 4.69) is 4.98 Å². The molecule has 0 amide bonds. The van der Waals surface area contributed by atoms with Crippen LogP contribution in [0.5, 0.6) is 5.88 Å². The number of ether oxygens (including phenoxy) is 4. The molecule has 0 saturated carbocycles. The maximum atomic E-state index is 11.6. The summed E-state index contributed by atoms with van der Waals surface area (Å²) in [5.74, 6) is -1.23. The van der Waals surface area contributed by atoms with Gasteiger partial charge in [-0.1, -0.05) is 17.7 Å². The minimum absolute atomic E-state index is 0.222. The Morgan fingerprint density at radius 3 is 2.23 bits per heavy atom. The van der Waals surface area contributed by atoms with Crippen LogP contribution < -0.4 is 4.74 Å². The van der Waals surface area contributed by atoms with Crippen molar-refractivity contribution >= 4 is 41.3 Å². The number of thioether (sulfide) groups is 1. The average molecular weight is 404 g/mol. The zero-order chi connectivity index (χ0) is 19.3. The Labute approximate surface area is 159 Å². The van der Waals surface area contributed by atoms with Crippen LogP contribution in [-0.2, 0) is 28.6 Å². The summed E-state index contributed by atoms with van der Waals surface area (Å²) in [4.78, 5) is 38.4. The number of halogens is 1. The van der Waals surface area contributed by atoms with Crippen LogP contribution in [0.1, 0.15) is 20.8 Å². The van der Waals surface area contributed by atoms with Crippen LogP contribution in [0, 0.1) is 0 Å². The van der Waals surface area contributed by atoms with E-state index in [0.717, 1.165) is 0 Å².